The van der Waals surface area contributed by atoms with E-state index < -0.39 is 11.8 Å². The summed E-state index contributed by atoms with van der Waals surface area (Å²) in [6.45, 7) is 1.40. The molecule has 1 heterocycles. The molecule has 0 aromatic carbocycles. The van der Waals surface area contributed by atoms with Gasteiger partial charge in [-0.1, -0.05) is 0 Å². The van der Waals surface area contributed by atoms with Gasteiger partial charge in [0.25, 0.3) is 0 Å². The second-order valence-corrected chi connectivity index (χ2v) is 3.40. The number of rotatable bonds is 1. The van der Waals surface area contributed by atoms with Crippen molar-refractivity contribution in [2.45, 2.75) is 25.0 Å². The molecule has 68 valence electrons. The molecule has 1 spiro atoms. The lowest BCUT2D eigenvalue weighted by molar-refractivity contribution is -0.316. The van der Waals surface area contributed by atoms with Gasteiger partial charge in [-0.15, -0.1) is 0 Å². The number of carboxylic acid groups (broad SMARTS) is 1. The Morgan fingerprint density at radius 3 is 2.42 bits per heavy atom. The second-order valence-electron chi connectivity index (χ2n) is 3.40. The van der Waals surface area contributed by atoms with E-state index in [1.54, 1.807) is 0 Å². The number of carboxylic acids is 1. The predicted molar refractivity (Wildman–Crippen MR) is 39.6 cm³/mol. The maximum atomic E-state index is 10.5. The Morgan fingerprint density at radius 1 is 1.33 bits per heavy atom. The molecule has 1 N–H and O–H groups in total. The average molecular weight is 172 g/mol. The highest BCUT2D eigenvalue weighted by Gasteiger charge is 2.50. The van der Waals surface area contributed by atoms with Crippen LogP contribution in [0.4, 0.5) is 0 Å². The van der Waals surface area contributed by atoms with Crippen LogP contribution >= 0.6 is 0 Å². The topological polar surface area (TPSA) is 55.8 Å². The lowest BCUT2D eigenvalue weighted by Crippen LogP contribution is -2.53. The number of ether oxygens (including phenoxy) is 2. The summed E-state index contributed by atoms with van der Waals surface area (Å²) in [5.74, 6) is -1.53. The van der Waals surface area contributed by atoms with Gasteiger partial charge in [0.2, 0.25) is 0 Å². The summed E-state index contributed by atoms with van der Waals surface area (Å²) in [6, 6.07) is 0. The number of aliphatic carboxylic acids is 1. The van der Waals surface area contributed by atoms with E-state index in [0.29, 0.717) is 26.1 Å². The van der Waals surface area contributed by atoms with E-state index in [-0.39, 0.29) is 5.92 Å². The fourth-order valence-electron chi connectivity index (χ4n) is 1.72. The molecule has 1 aliphatic heterocycles. The monoisotopic (exact) mass is 172 g/mol. The summed E-state index contributed by atoms with van der Waals surface area (Å²) < 4.78 is 10.8. The summed E-state index contributed by atoms with van der Waals surface area (Å²) >= 11 is 0. The summed E-state index contributed by atoms with van der Waals surface area (Å²) in [5, 5.41) is 8.64. The molecule has 2 rings (SSSR count). The van der Waals surface area contributed by atoms with Crippen LogP contribution in [0.15, 0.2) is 0 Å². The Balaban J connectivity index is 1.88. The van der Waals surface area contributed by atoms with Crippen LogP contribution in [0.25, 0.3) is 0 Å². The van der Waals surface area contributed by atoms with Crippen LogP contribution in [-0.4, -0.2) is 30.1 Å². The number of hydrogen-bond donors (Lipinski definition) is 1. The van der Waals surface area contributed by atoms with Crippen molar-refractivity contribution >= 4 is 5.97 Å². The van der Waals surface area contributed by atoms with Crippen molar-refractivity contribution < 1.29 is 19.4 Å². The predicted octanol–water partition coefficient (Wildman–Crippen LogP) is 0.614. The number of carbonyl (C=O) groups is 1. The Bertz CT molecular complexity index is 187. The van der Waals surface area contributed by atoms with Gasteiger partial charge in [0, 0.05) is 12.8 Å². The molecule has 4 heteroatoms. The van der Waals surface area contributed by atoms with Crippen molar-refractivity contribution in [1.82, 2.24) is 0 Å². The summed E-state index contributed by atoms with van der Waals surface area (Å²) in [6.07, 6.45) is 1.95. The molecular formula is C8H12O4. The third-order valence-corrected chi connectivity index (χ3v) is 2.48. The van der Waals surface area contributed by atoms with E-state index in [1.807, 2.05) is 0 Å². The Hall–Kier alpha value is -0.610. The van der Waals surface area contributed by atoms with Gasteiger partial charge in [0.15, 0.2) is 5.79 Å². The lowest BCUT2D eigenvalue weighted by Gasteiger charge is -2.47. The van der Waals surface area contributed by atoms with Crippen molar-refractivity contribution in [3.63, 3.8) is 0 Å². The largest absolute Gasteiger partial charge is 0.481 e. The molecule has 0 amide bonds. The molecule has 1 saturated carbocycles. The molecule has 2 aliphatic rings. The molecule has 4 nitrogen and oxygen atoms in total. The fourth-order valence-corrected chi connectivity index (χ4v) is 1.72. The highest BCUT2D eigenvalue weighted by Crippen LogP contribution is 2.43. The van der Waals surface area contributed by atoms with Gasteiger partial charge in [-0.2, -0.15) is 0 Å². The van der Waals surface area contributed by atoms with Gasteiger partial charge in [-0.3, -0.25) is 4.79 Å². The highest BCUT2D eigenvalue weighted by molar-refractivity contribution is 5.71. The van der Waals surface area contributed by atoms with Crippen molar-refractivity contribution in [3.05, 3.63) is 0 Å². The van der Waals surface area contributed by atoms with E-state index in [9.17, 15) is 4.79 Å². The van der Waals surface area contributed by atoms with Gasteiger partial charge in [-0.05, 0) is 6.42 Å². The quantitative estimate of drug-likeness (QED) is 0.629. The summed E-state index contributed by atoms with van der Waals surface area (Å²) in [4.78, 5) is 10.5. The molecular weight excluding hydrogens is 160 g/mol. The van der Waals surface area contributed by atoms with E-state index >= 15 is 0 Å². The van der Waals surface area contributed by atoms with Crippen LogP contribution in [0.1, 0.15) is 19.3 Å². The maximum absolute atomic E-state index is 10.5. The zero-order valence-electron chi connectivity index (χ0n) is 6.78. The smallest absolute Gasteiger partial charge is 0.306 e. The third-order valence-electron chi connectivity index (χ3n) is 2.48. The van der Waals surface area contributed by atoms with Crippen molar-refractivity contribution in [1.29, 1.82) is 0 Å². The molecule has 0 aromatic rings. The molecule has 2 fully saturated rings. The molecule has 0 atom stereocenters. The molecule has 12 heavy (non-hydrogen) atoms. The zero-order chi connectivity index (χ0) is 8.60. The Kier molecular flexibility index (Phi) is 1.81. The first-order valence-corrected chi connectivity index (χ1v) is 4.23. The fraction of sp³-hybridized carbons (Fsp3) is 0.875. The van der Waals surface area contributed by atoms with E-state index in [4.69, 9.17) is 14.6 Å². The van der Waals surface area contributed by atoms with Gasteiger partial charge in [-0.25, -0.2) is 0 Å². The first kappa shape index (κ1) is 8.01. The molecule has 0 radical (unpaired) electrons. The first-order chi connectivity index (χ1) is 5.72. The standard InChI is InChI=1S/C8H12O4/c9-7(10)6-4-8(5-6)11-2-1-3-12-8/h6H,1-5H2,(H,9,10). The lowest BCUT2D eigenvalue weighted by atomic mass is 9.78. The molecule has 0 bridgehead atoms. The van der Waals surface area contributed by atoms with E-state index in [0.717, 1.165) is 6.42 Å². The minimum atomic E-state index is -0.738. The van der Waals surface area contributed by atoms with Crippen LogP contribution in [0.3, 0.4) is 0 Å². The van der Waals surface area contributed by atoms with Crippen molar-refractivity contribution in [3.8, 4) is 0 Å². The van der Waals surface area contributed by atoms with Crippen LogP contribution in [0.2, 0.25) is 0 Å². The van der Waals surface area contributed by atoms with Gasteiger partial charge in [0.1, 0.15) is 0 Å². The zero-order valence-corrected chi connectivity index (χ0v) is 6.78. The van der Waals surface area contributed by atoms with Crippen LogP contribution in [-0.2, 0) is 14.3 Å². The summed E-state index contributed by atoms with van der Waals surface area (Å²) in [7, 11) is 0. The molecule has 1 aliphatic carbocycles. The second kappa shape index (κ2) is 2.71. The number of hydrogen-bond acceptors (Lipinski definition) is 3. The van der Waals surface area contributed by atoms with E-state index in [2.05, 4.69) is 0 Å². The van der Waals surface area contributed by atoms with Crippen molar-refractivity contribution in [2.75, 3.05) is 13.2 Å². The minimum absolute atomic E-state index is 0.261. The molecule has 1 saturated heterocycles. The minimum Gasteiger partial charge on any atom is -0.481 e. The Morgan fingerprint density at radius 2 is 1.92 bits per heavy atom. The third kappa shape index (κ3) is 1.21. The van der Waals surface area contributed by atoms with Gasteiger partial charge < -0.3 is 14.6 Å². The van der Waals surface area contributed by atoms with Crippen LogP contribution < -0.4 is 0 Å². The summed E-state index contributed by atoms with van der Waals surface area (Å²) in [5.41, 5.74) is 0. The SMILES string of the molecule is O=C(O)C1CC2(C1)OCCCO2. The maximum Gasteiger partial charge on any atom is 0.306 e. The average Bonchev–Trinajstić information content (AvgIpc) is 2.01. The van der Waals surface area contributed by atoms with Gasteiger partial charge in [0.05, 0.1) is 19.1 Å². The molecule has 0 unspecified atom stereocenters. The Labute approximate surface area is 70.5 Å². The molecule has 0 aromatic heterocycles. The normalized spacial score (nSPS) is 28.3. The van der Waals surface area contributed by atoms with E-state index in [1.165, 1.54) is 0 Å². The van der Waals surface area contributed by atoms with Crippen molar-refractivity contribution in [2.24, 2.45) is 5.92 Å². The van der Waals surface area contributed by atoms with Gasteiger partial charge >= 0.3 is 5.97 Å². The van der Waals surface area contributed by atoms with Crippen LogP contribution in [0.5, 0.6) is 0 Å². The highest BCUT2D eigenvalue weighted by atomic mass is 16.7. The van der Waals surface area contributed by atoms with Crippen LogP contribution in [0, 0.1) is 5.92 Å². The first-order valence-electron chi connectivity index (χ1n) is 4.23.